The number of benzene rings is 1. The fourth-order valence-electron chi connectivity index (χ4n) is 2.16. The molecule has 0 spiro atoms. The standard InChI is InChI=1S/C16H15N3O4S/c1-10-5-3-4-6-12(10)15-17-13(23-18-15)8-22-14(20)7-19-11(2)9-24-16(19)21/h3-6,9H,7-8H2,1-2H3. The van der Waals surface area contributed by atoms with E-state index in [4.69, 9.17) is 9.26 Å². The van der Waals surface area contributed by atoms with E-state index < -0.39 is 5.97 Å². The van der Waals surface area contributed by atoms with Crippen LogP contribution in [0.5, 0.6) is 0 Å². The van der Waals surface area contributed by atoms with Gasteiger partial charge in [0.05, 0.1) is 0 Å². The molecule has 2 aromatic heterocycles. The molecule has 0 aliphatic heterocycles. The van der Waals surface area contributed by atoms with Gasteiger partial charge in [-0.15, -0.1) is 0 Å². The Morgan fingerprint density at radius 3 is 2.83 bits per heavy atom. The lowest BCUT2D eigenvalue weighted by molar-refractivity contribution is -0.146. The second kappa shape index (κ2) is 6.79. The minimum absolute atomic E-state index is 0.129. The van der Waals surface area contributed by atoms with Gasteiger partial charge in [0.25, 0.3) is 5.89 Å². The Kier molecular flexibility index (Phi) is 4.57. The summed E-state index contributed by atoms with van der Waals surface area (Å²) in [4.78, 5) is 27.5. The average Bonchev–Trinajstić information content (AvgIpc) is 3.15. The number of esters is 1. The molecule has 0 saturated heterocycles. The van der Waals surface area contributed by atoms with Crippen LogP contribution >= 0.6 is 11.3 Å². The molecule has 0 radical (unpaired) electrons. The number of aryl methyl sites for hydroxylation is 2. The first kappa shape index (κ1) is 16.1. The predicted molar refractivity (Wildman–Crippen MR) is 87.6 cm³/mol. The van der Waals surface area contributed by atoms with Crippen LogP contribution in [0.4, 0.5) is 0 Å². The highest BCUT2D eigenvalue weighted by Crippen LogP contribution is 2.19. The first-order valence-electron chi connectivity index (χ1n) is 7.23. The van der Waals surface area contributed by atoms with Crippen LogP contribution in [0, 0.1) is 13.8 Å². The summed E-state index contributed by atoms with van der Waals surface area (Å²) in [5, 5.41) is 5.59. The van der Waals surface area contributed by atoms with Crippen LogP contribution in [0.1, 0.15) is 17.1 Å². The Morgan fingerprint density at radius 1 is 1.33 bits per heavy atom. The van der Waals surface area contributed by atoms with Crippen LogP contribution in [0.25, 0.3) is 11.4 Å². The maximum absolute atomic E-state index is 11.9. The van der Waals surface area contributed by atoms with Crippen molar-refractivity contribution in [1.82, 2.24) is 14.7 Å². The number of rotatable bonds is 5. The molecule has 0 amide bonds. The van der Waals surface area contributed by atoms with Gasteiger partial charge in [-0.25, -0.2) is 0 Å². The molecule has 24 heavy (non-hydrogen) atoms. The van der Waals surface area contributed by atoms with Crippen LogP contribution in [0.15, 0.2) is 39.0 Å². The van der Waals surface area contributed by atoms with Crippen LogP contribution in [0.2, 0.25) is 0 Å². The van der Waals surface area contributed by atoms with Gasteiger partial charge in [0.15, 0.2) is 6.61 Å². The first-order valence-corrected chi connectivity index (χ1v) is 8.11. The van der Waals surface area contributed by atoms with Gasteiger partial charge in [-0.3, -0.25) is 14.2 Å². The molecule has 2 heterocycles. The van der Waals surface area contributed by atoms with Gasteiger partial charge < -0.3 is 9.26 Å². The molecule has 8 heteroatoms. The Hall–Kier alpha value is -2.74. The number of carbonyl (C=O) groups excluding carboxylic acids is 1. The zero-order valence-corrected chi connectivity index (χ0v) is 14.0. The molecular weight excluding hydrogens is 330 g/mol. The van der Waals surface area contributed by atoms with E-state index in [0.717, 1.165) is 28.2 Å². The molecule has 3 rings (SSSR count). The third kappa shape index (κ3) is 3.43. The minimum atomic E-state index is -0.533. The number of thiazole rings is 1. The molecule has 0 atom stereocenters. The Balaban J connectivity index is 1.63. The number of nitrogens with zero attached hydrogens (tertiary/aromatic N) is 3. The summed E-state index contributed by atoms with van der Waals surface area (Å²) in [5.74, 6) is 0.120. The molecular formula is C16H15N3O4S. The molecule has 0 bridgehead atoms. The normalized spacial score (nSPS) is 10.8. The summed E-state index contributed by atoms with van der Waals surface area (Å²) in [5.41, 5.74) is 2.61. The van der Waals surface area contributed by atoms with Crippen molar-refractivity contribution in [3.05, 3.63) is 56.5 Å². The van der Waals surface area contributed by atoms with Gasteiger partial charge in [-0.1, -0.05) is 40.8 Å². The minimum Gasteiger partial charge on any atom is -0.454 e. The first-order chi connectivity index (χ1) is 11.5. The van der Waals surface area contributed by atoms with Crippen molar-refractivity contribution in [2.24, 2.45) is 0 Å². The maximum atomic E-state index is 11.9. The summed E-state index contributed by atoms with van der Waals surface area (Å²) in [6.45, 7) is 3.45. The summed E-state index contributed by atoms with van der Waals surface area (Å²) in [6, 6.07) is 7.66. The largest absolute Gasteiger partial charge is 0.454 e. The van der Waals surface area contributed by atoms with Gasteiger partial charge in [-0.05, 0) is 19.4 Å². The Bertz CT molecular complexity index is 925. The van der Waals surface area contributed by atoms with E-state index in [9.17, 15) is 9.59 Å². The molecule has 0 aliphatic carbocycles. The van der Waals surface area contributed by atoms with Crippen molar-refractivity contribution in [1.29, 1.82) is 0 Å². The molecule has 0 saturated carbocycles. The third-order valence-corrected chi connectivity index (χ3v) is 4.36. The smallest absolute Gasteiger partial charge is 0.326 e. The van der Waals surface area contributed by atoms with Crippen molar-refractivity contribution >= 4 is 17.3 Å². The van der Waals surface area contributed by atoms with Crippen molar-refractivity contribution in [2.45, 2.75) is 27.0 Å². The van der Waals surface area contributed by atoms with Crippen LogP contribution < -0.4 is 4.87 Å². The van der Waals surface area contributed by atoms with Crippen molar-refractivity contribution in [3.8, 4) is 11.4 Å². The molecule has 124 valence electrons. The van der Waals surface area contributed by atoms with E-state index in [0.29, 0.717) is 5.82 Å². The van der Waals surface area contributed by atoms with E-state index in [-0.39, 0.29) is 23.9 Å². The highest BCUT2D eigenvalue weighted by molar-refractivity contribution is 7.07. The van der Waals surface area contributed by atoms with E-state index in [1.807, 2.05) is 31.2 Å². The zero-order chi connectivity index (χ0) is 17.1. The van der Waals surface area contributed by atoms with Gasteiger partial charge in [0.1, 0.15) is 6.54 Å². The second-order valence-corrected chi connectivity index (χ2v) is 6.04. The quantitative estimate of drug-likeness (QED) is 0.660. The number of ether oxygens (including phenoxy) is 1. The van der Waals surface area contributed by atoms with E-state index in [1.165, 1.54) is 4.57 Å². The van der Waals surface area contributed by atoms with E-state index >= 15 is 0 Å². The average molecular weight is 345 g/mol. The SMILES string of the molecule is Cc1ccccc1-c1noc(COC(=O)Cn2c(C)csc2=O)n1. The lowest BCUT2D eigenvalue weighted by atomic mass is 10.1. The number of carbonyl (C=O) groups is 1. The fraction of sp³-hybridized carbons (Fsp3) is 0.250. The van der Waals surface area contributed by atoms with Crippen molar-refractivity contribution < 1.29 is 14.1 Å². The van der Waals surface area contributed by atoms with Gasteiger partial charge in [0, 0.05) is 16.6 Å². The molecule has 0 fully saturated rings. The number of aromatic nitrogens is 3. The molecule has 0 aliphatic rings. The van der Waals surface area contributed by atoms with Crippen LogP contribution in [-0.4, -0.2) is 20.7 Å². The zero-order valence-electron chi connectivity index (χ0n) is 13.2. The van der Waals surface area contributed by atoms with Gasteiger partial charge in [0.2, 0.25) is 5.82 Å². The number of hydrogen-bond donors (Lipinski definition) is 0. The molecule has 0 N–H and O–H groups in total. The highest BCUT2D eigenvalue weighted by atomic mass is 32.1. The maximum Gasteiger partial charge on any atom is 0.326 e. The predicted octanol–water partition coefficient (Wildman–Crippen LogP) is 2.32. The monoisotopic (exact) mass is 345 g/mol. The summed E-state index contributed by atoms with van der Waals surface area (Å²) in [7, 11) is 0. The fourth-order valence-corrected chi connectivity index (χ4v) is 2.89. The van der Waals surface area contributed by atoms with Crippen LogP contribution in [0.3, 0.4) is 0 Å². The lowest BCUT2D eigenvalue weighted by Gasteiger charge is -2.04. The topological polar surface area (TPSA) is 87.2 Å². The van der Waals surface area contributed by atoms with Gasteiger partial charge in [-0.2, -0.15) is 4.98 Å². The molecule has 7 nitrogen and oxygen atoms in total. The lowest BCUT2D eigenvalue weighted by Crippen LogP contribution is -2.22. The number of hydrogen-bond acceptors (Lipinski definition) is 7. The summed E-state index contributed by atoms with van der Waals surface area (Å²) >= 11 is 1.05. The second-order valence-electron chi connectivity index (χ2n) is 5.22. The Morgan fingerprint density at radius 2 is 2.12 bits per heavy atom. The Labute approximate surface area is 141 Å². The molecule has 3 aromatic rings. The molecule has 1 aromatic carbocycles. The van der Waals surface area contributed by atoms with Gasteiger partial charge >= 0.3 is 10.8 Å². The van der Waals surface area contributed by atoms with E-state index in [2.05, 4.69) is 10.1 Å². The molecule has 0 unspecified atom stereocenters. The summed E-state index contributed by atoms with van der Waals surface area (Å²) < 4.78 is 11.6. The van der Waals surface area contributed by atoms with E-state index in [1.54, 1.807) is 12.3 Å². The third-order valence-electron chi connectivity index (χ3n) is 3.47. The summed E-state index contributed by atoms with van der Waals surface area (Å²) in [6.07, 6.45) is 0. The van der Waals surface area contributed by atoms with Crippen LogP contribution in [-0.2, 0) is 22.7 Å². The highest BCUT2D eigenvalue weighted by Gasteiger charge is 2.14. The van der Waals surface area contributed by atoms with Crippen molar-refractivity contribution in [3.63, 3.8) is 0 Å². The van der Waals surface area contributed by atoms with Crippen molar-refractivity contribution in [2.75, 3.05) is 0 Å².